The summed E-state index contributed by atoms with van der Waals surface area (Å²) in [5, 5.41) is 0. The Morgan fingerprint density at radius 3 is 2.32 bits per heavy atom. The van der Waals surface area contributed by atoms with Gasteiger partial charge in [0.15, 0.2) is 0 Å². The van der Waals surface area contributed by atoms with Crippen LogP contribution in [0.4, 0.5) is 0 Å². The van der Waals surface area contributed by atoms with Crippen molar-refractivity contribution >= 4 is 0 Å². The molecule has 0 amide bonds. The van der Waals surface area contributed by atoms with Crippen LogP contribution in [0.25, 0.3) is 22.4 Å². The summed E-state index contributed by atoms with van der Waals surface area (Å²) in [4.78, 5) is 4.45. The number of para-hydroxylation sites is 1. The molecule has 4 aromatic rings. The number of aryl methyl sites for hydroxylation is 1. The normalized spacial score (nSPS) is 10.5. The van der Waals surface area contributed by atoms with E-state index < -0.39 is 0 Å². The van der Waals surface area contributed by atoms with E-state index in [4.69, 9.17) is 14.2 Å². The average molecular weight is 412 g/mol. The maximum Gasteiger partial charge on any atom is 0.129 e. The highest BCUT2D eigenvalue weighted by Crippen LogP contribution is 2.33. The number of nitrogens with zero attached hydrogens (tertiary/aromatic N) is 1. The van der Waals surface area contributed by atoms with Gasteiger partial charge in [-0.1, -0.05) is 36.4 Å². The summed E-state index contributed by atoms with van der Waals surface area (Å²) in [7, 11) is 3.36. The highest BCUT2D eigenvalue weighted by atomic mass is 16.5. The van der Waals surface area contributed by atoms with Gasteiger partial charge in [0.2, 0.25) is 0 Å². The van der Waals surface area contributed by atoms with Crippen molar-refractivity contribution < 1.29 is 14.2 Å². The van der Waals surface area contributed by atoms with E-state index in [0.29, 0.717) is 6.61 Å². The first-order valence-corrected chi connectivity index (χ1v) is 10.1. The largest absolute Gasteiger partial charge is 0.497 e. The van der Waals surface area contributed by atoms with Gasteiger partial charge in [-0.3, -0.25) is 4.98 Å². The quantitative estimate of drug-likeness (QED) is 0.357. The molecule has 0 aliphatic heterocycles. The van der Waals surface area contributed by atoms with Crippen molar-refractivity contribution in [3.05, 3.63) is 96.2 Å². The van der Waals surface area contributed by atoms with Crippen molar-refractivity contribution in [3.63, 3.8) is 0 Å². The fourth-order valence-electron chi connectivity index (χ4n) is 3.60. The highest BCUT2D eigenvalue weighted by Gasteiger charge is 2.11. The van der Waals surface area contributed by atoms with E-state index in [0.717, 1.165) is 50.8 Å². The smallest absolute Gasteiger partial charge is 0.129 e. The molecule has 31 heavy (non-hydrogen) atoms. The summed E-state index contributed by atoms with van der Waals surface area (Å²) in [5.74, 6) is 2.44. The Hall–Kier alpha value is -3.79. The molecule has 0 N–H and O–H groups in total. The predicted octanol–water partition coefficient (Wildman–Crippen LogP) is 6.32. The Bertz CT molecular complexity index is 1170. The maximum absolute atomic E-state index is 6.18. The van der Waals surface area contributed by atoms with Gasteiger partial charge in [0, 0.05) is 17.3 Å². The predicted molar refractivity (Wildman–Crippen MR) is 124 cm³/mol. The number of rotatable bonds is 7. The fourth-order valence-corrected chi connectivity index (χ4v) is 3.60. The van der Waals surface area contributed by atoms with Crippen LogP contribution in [0.5, 0.6) is 17.2 Å². The number of aromatic nitrogens is 1. The molecule has 156 valence electrons. The van der Waals surface area contributed by atoms with Gasteiger partial charge < -0.3 is 14.2 Å². The van der Waals surface area contributed by atoms with Crippen LogP contribution in [0.15, 0.2) is 85.1 Å². The van der Waals surface area contributed by atoms with E-state index in [1.165, 1.54) is 0 Å². The molecule has 0 bridgehead atoms. The van der Waals surface area contributed by atoms with Crippen molar-refractivity contribution in [2.75, 3.05) is 14.2 Å². The standard InChI is InChI=1S/C27H25NO3/c1-19-16-22(29-2)13-14-23(19)20-11-12-21(27(17-20)30-3)18-31-26-10-5-4-8-24(26)25-9-6-7-15-28-25/h4-17H,18H2,1-3H3. The van der Waals surface area contributed by atoms with Crippen LogP contribution in [0, 0.1) is 6.92 Å². The Labute approximate surface area is 183 Å². The van der Waals surface area contributed by atoms with Gasteiger partial charge in [0.25, 0.3) is 0 Å². The topological polar surface area (TPSA) is 40.6 Å². The number of benzene rings is 3. The number of ether oxygens (including phenoxy) is 3. The first-order valence-electron chi connectivity index (χ1n) is 10.1. The van der Waals surface area contributed by atoms with Gasteiger partial charge in [0.05, 0.1) is 19.9 Å². The van der Waals surface area contributed by atoms with E-state index in [1.807, 2.05) is 54.6 Å². The molecule has 3 aromatic carbocycles. The zero-order valence-electron chi connectivity index (χ0n) is 18.0. The molecular formula is C27H25NO3. The van der Waals surface area contributed by atoms with Gasteiger partial charge in [-0.15, -0.1) is 0 Å². The van der Waals surface area contributed by atoms with Crippen LogP contribution < -0.4 is 14.2 Å². The first kappa shape index (κ1) is 20.5. The van der Waals surface area contributed by atoms with Crippen molar-refractivity contribution in [1.82, 2.24) is 4.98 Å². The number of hydrogen-bond acceptors (Lipinski definition) is 4. The monoisotopic (exact) mass is 411 g/mol. The average Bonchev–Trinajstić information content (AvgIpc) is 2.83. The number of methoxy groups -OCH3 is 2. The van der Waals surface area contributed by atoms with Crippen LogP contribution in [0.1, 0.15) is 11.1 Å². The van der Waals surface area contributed by atoms with Crippen molar-refractivity contribution in [2.45, 2.75) is 13.5 Å². The summed E-state index contributed by atoms with van der Waals surface area (Å²) in [6, 6.07) is 26.1. The SMILES string of the molecule is COc1ccc(-c2ccc(COc3ccccc3-c3ccccn3)c(OC)c2)c(C)c1. The third-order valence-corrected chi connectivity index (χ3v) is 5.24. The second-order valence-electron chi connectivity index (χ2n) is 7.21. The van der Waals surface area contributed by atoms with Crippen molar-refractivity contribution in [1.29, 1.82) is 0 Å². The lowest BCUT2D eigenvalue weighted by molar-refractivity contribution is 0.298. The summed E-state index contributed by atoms with van der Waals surface area (Å²) >= 11 is 0. The van der Waals surface area contributed by atoms with Gasteiger partial charge in [-0.25, -0.2) is 0 Å². The summed E-state index contributed by atoms with van der Waals surface area (Å²) in [5.41, 5.74) is 6.22. The second-order valence-corrected chi connectivity index (χ2v) is 7.21. The molecular weight excluding hydrogens is 386 g/mol. The van der Waals surface area contributed by atoms with Gasteiger partial charge in [-0.05, 0) is 66.1 Å². The second kappa shape index (κ2) is 9.35. The Kier molecular flexibility index (Phi) is 6.18. The fraction of sp³-hybridized carbons (Fsp3) is 0.148. The minimum absolute atomic E-state index is 0.398. The minimum Gasteiger partial charge on any atom is -0.497 e. The van der Waals surface area contributed by atoms with Gasteiger partial charge >= 0.3 is 0 Å². The van der Waals surface area contributed by atoms with E-state index >= 15 is 0 Å². The highest BCUT2D eigenvalue weighted by molar-refractivity contribution is 5.70. The lowest BCUT2D eigenvalue weighted by Crippen LogP contribution is -2.00. The van der Waals surface area contributed by atoms with E-state index in [-0.39, 0.29) is 0 Å². The minimum atomic E-state index is 0.398. The lowest BCUT2D eigenvalue weighted by atomic mass is 9.98. The van der Waals surface area contributed by atoms with Gasteiger partial charge in [0.1, 0.15) is 23.9 Å². The molecule has 1 heterocycles. The number of pyridine rings is 1. The molecule has 0 radical (unpaired) electrons. The van der Waals surface area contributed by atoms with Crippen LogP contribution in [0.2, 0.25) is 0 Å². The molecule has 0 spiro atoms. The van der Waals surface area contributed by atoms with E-state index in [2.05, 4.69) is 36.2 Å². The molecule has 4 rings (SSSR count). The van der Waals surface area contributed by atoms with Crippen molar-refractivity contribution in [3.8, 4) is 39.6 Å². The molecule has 0 saturated heterocycles. The zero-order chi connectivity index (χ0) is 21.6. The molecule has 0 saturated carbocycles. The van der Waals surface area contributed by atoms with Gasteiger partial charge in [-0.2, -0.15) is 0 Å². The first-order chi connectivity index (χ1) is 15.2. The lowest BCUT2D eigenvalue weighted by Gasteiger charge is -2.15. The van der Waals surface area contributed by atoms with Crippen LogP contribution in [-0.2, 0) is 6.61 Å². The van der Waals surface area contributed by atoms with Crippen LogP contribution >= 0.6 is 0 Å². The molecule has 0 unspecified atom stereocenters. The zero-order valence-corrected chi connectivity index (χ0v) is 18.0. The molecule has 0 fully saturated rings. The van der Waals surface area contributed by atoms with E-state index in [1.54, 1.807) is 20.4 Å². The molecule has 0 aliphatic carbocycles. The Morgan fingerprint density at radius 1 is 0.742 bits per heavy atom. The molecule has 0 aliphatic rings. The Balaban J connectivity index is 1.58. The summed E-state index contributed by atoms with van der Waals surface area (Å²) in [6.07, 6.45) is 1.79. The molecule has 4 heteroatoms. The summed E-state index contributed by atoms with van der Waals surface area (Å²) in [6.45, 7) is 2.48. The van der Waals surface area contributed by atoms with E-state index in [9.17, 15) is 0 Å². The molecule has 0 atom stereocenters. The third kappa shape index (κ3) is 4.53. The maximum atomic E-state index is 6.18. The third-order valence-electron chi connectivity index (χ3n) is 5.24. The van der Waals surface area contributed by atoms with Crippen LogP contribution in [-0.4, -0.2) is 19.2 Å². The molecule has 4 nitrogen and oxygen atoms in total. The summed E-state index contributed by atoms with van der Waals surface area (Å²) < 4.78 is 17.2. The van der Waals surface area contributed by atoms with Crippen molar-refractivity contribution in [2.24, 2.45) is 0 Å². The number of hydrogen-bond donors (Lipinski definition) is 0. The Morgan fingerprint density at radius 2 is 1.58 bits per heavy atom. The molecule has 1 aromatic heterocycles. The van der Waals surface area contributed by atoms with Crippen LogP contribution in [0.3, 0.4) is 0 Å².